The topological polar surface area (TPSA) is 61.8 Å². The molecule has 4 nitrogen and oxygen atoms in total. The second-order valence-electron chi connectivity index (χ2n) is 5.69. The number of hydrogen-bond donors (Lipinski definition) is 2. The molecule has 0 atom stereocenters. The lowest BCUT2D eigenvalue weighted by atomic mass is 10.1. The van der Waals surface area contributed by atoms with Crippen LogP contribution >= 0.6 is 11.3 Å². The van der Waals surface area contributed by atoms with Gasteiger partial charge < -0.3 is 10.9 Å². The Labute approximate surface area is 128 Å². The van der Waals surface area contributed by atoms with Crippen LogP contribution in [0.2, 0.25) is 0 Å². The van der Waals surface area contributed by atoms with Gasteiger partial charge in [0.2, 0.25) is 0 Å². The van der Waals surface area contributed by atoms with Crippen LogP contribution in [0.15, 0.2) is 34.8 Å². The Morgan fingerprint density at radius 3 is 2.86 bits per heavy atom. The summed E-state index contributed by atoms with van der Waals surface area (Å²) in [6.07, 6.45) is 4.98. The lowest BCUT2D eigenvalue weighted by Gasteiger charge is -2.28. The Morgan fingerprint density at radius 2 is 2.10 bits per heavy atom. The summed E-state index contributed by atoms with van der Waals surface area (Å²) in [5.74, 6) is 0.293. The van der Waals surface area contributed by atoms with Gasteiger partial charge in [0.05, 0.1) is 6.54 Å². The first kappa shape index (κ1) is 14.4. The van der Waals surface area contributed by atoms with Gasteiger partial charge in [0, 0.05) is 17.3 Å². The molecule has 1 heterocycles. The standard InChI is InChI=1S/C16H21N3OS/c17-16(18-20)10-19(13-5-1-2-6-13)9-12-11-21-15-8-4-3-7-14(12)15/h3-4,7-8,11,13,20H,1-2,5-6,9-10H2,(H2,17,18). The van der Waals surface area contributed by atoms with Gasteiger partial charge in [0.25, 0.3) is 0 Å². The van der Waals surface area contributed by atoms with Crippen LogP contribution in [0.4, 0.5) is 0 Å². The Morgan fingerprint density at radius 1 is 1.33 bits per heavy atom. The van der Waals surface area contributed by atoms with Gasteiger partial charge in [-0.25, -0.2) is 0 Å². The van der Waals surface area contributed by atoms with Gasteiger partial charge in [-0.2, -0.15) is 0 Å². The number of hydrogen-bond acceptors (Lipinski definition) is 4. The Kier molecular flexibility index (Phi) is 4.41. The van der Waals surface area contributed by atoms with Crippen LogP contribution in [-0.2, 0) is 6.54 Å². The minimum absolute atomic E-state index is 0.293. The largest absolute Gasteiger partial charge is 0.409 e. The van der Waals surface area contributed by atoms with Crippen LogP contribution in [0.25, 0.3) is 10.1 Å². The van der Waals surface area contributed by atoms with Crippen molar-refractivity contribution in [1.82, 2.24) is 4.90 Å². The first-order chi connectivity index (χ1) is 10.3. The summed E-state index contributed by atoms with van der Waals surface area (Å²) < 4.78 is 1.32. The van der Waals surface area contributed by atoms with Crippen LogP contribution in [0, 0.1) is 0 Å². The van der Waals surface area contributed by atoms with Crippen LogP contribution in [0.5, 0.6) is 0 Å². The van der Waals surface area contributed by atoms with E-state index in [4.69, 9.17) is 10.9 Å². The van der Waals surface area contributed by atoms with Crippen molar-refractivity contribution >= 4 is 27.3 Å². The Bertz CT molecular complexity index is 631. The van der Waals surface area contributed by atoms with E-state index in [-0.39, 0.29) is 0 Å². The number of thiophene rings is 1. The highest BCUT2D eigenvalue weighted by Crippen LogP contribution is 2.30. The highest BCUT2D eigenvalue weighted by molar-refractivity contribution is 7.17. The van der Waals surface area contributed by atoms with Crippen molar-refractivity contribution in [3.63, 3.8) is 0 Å². The van der Waals surface area contributed by atoms with Gasteiger partial charge in [0.15, 0.2) is 5.84 Å². The number of oxime groups is 1. The van der Waals surface area contributed by atoms with E-state index in [1.807, 2.05) is 0 Å². The third kappa shape index (κ3) is 3.19. The molecule has 5 heteroatoms. The molecule has 1 saturated carbocycles. The van der Waals surface area contributed by atoms with E-state index >= 15 is 0 Å². The van der Waals surface area contributed by atoms with Gasteiger partial charge >= 0.3 is 0 Å². The number of nitrogens with two attached hydrogens (primary N) is 1. The number of amidine groups is 1. The van der Waals surface area contributed by atoms with E-state index in [1.54, 1.807) is 11.3 Å². The normalized spacial score (nSPS) is 17.1. The molecule has 0 amide bonds. The van der Waals surface area contributed by atoms with Crippen molar-refractivity contribution in [3.05, 3.63) is 35.2 Å². The third-order valence-electron chi connectivity index (χ3n) is 4.27. The monoisotopic (exact) mass is 303 g/mol. The molecule has 0 bridgehead atoms. The van der Waals surface area contributed by atoms with Gasteiger partial charge in [-0.05, 0) is 35.2 Å². The number of fused-ring (bicyclic) bond motifs is 1. The summed E-state index contributed by atoms with van der Waals surface area (Å²) in [6.45, 7) is 1.40. The predicted molar refractivity (Wildman–Crippen MR) is 87.9 cm³/mol. The third-order valence-corrected chi connectivity index (χ3v) is 5.28. The van der Waals surface area contributed by atoms with Gasteiger partial charge in [-0.15, -0.1) is 11.3 Å². The summed E-state index contributed by atoms with van der Waals surface area (Å²) in [6, 6.07) is 9.05. The molecule has 1 aromatic heterocycles. The summed E-state index contributed by atoms with van der Waals surface area (Å²) in [5.41, 5.74) is 7.08. The summed E-state index contributed by atoms with van der Waals surface area (Å²) in [4.78, 5) is 2.36. The quantitative estimate of drug-likeness (QED) is 0.385. The molecule has 1 aromatic carbocycles. The van der Waals surface area contributed by atoms with E-state index in [0.717, 1.165) is 6.54 Å². The minimum atomic E-state index is 0.293. The van der Waals surface area contributed by atoms with Gasteiger partial charge in [-0.3, -0.25) is 4.90 Å². The van der Waals surface area contributed by atoms with Crippen LogP contribution in [0.1, 0.15) is 31.2 Å². The highest BCUT2D eigenvalue weighted by Gasteiger charge is 2.24. The molecule has 1 fully saturated rings. The zero-order valence-corrected chi connectivity index (χ0v) is 12.9. The van der Waals surface area contributed by atoms with Crippen molar-refractivity contribution < 1.29 is 5.21 Å². The highest BCUT2D eigenvalue weighted by atomic mass is 32.1. The van der Waals surface area contributed by atoms with E-state index in [2.05, 4.69) is 39.7 Å². The van der Waals surface area contributed by atoms with Crippen LogP contribution < -0.4 is 5.73 Å². The van der Waals surface area contributed by atoms with Crippen LogP contribution in [0.3, 0.4) is 0 Å². The fraction of sp³-hybridized carbons (Fsp3) is 0.438. The zero-order chi connectivity index (χ0) is 14.7. The molecule has 3 rings (SSSR count). The Balaban J connectivity index is 1.83. The molecule has 1 aliphatic rings. The summed E-state index contributed by atoms with van der Waals surface area (Å²) in [5, 5.41) is 15.6. The molecule has 0 saturated heterocycles. The molecule has 3 N–H and O–H groups in total. The molecule has 0 spiro atoms. The molecule has 21 heavy (non-hydrogen) atoms. The van der Waals surface area contributed by atoms with Gasteiger partial charge in [0.1, 0.15) is 0 Å². The van der Waals surface area contributed by atoms with E-state index in [9.17, 15) is 0 Å². The maximum atomic E-state index is 8.86. The van der Waals surface area contributed by atoms with Crippen molar-refractivity contribution in [3.8, 4) is 0 Å². The summed E-state index contributed by atoms with van der Waals surface area (Å²) >= 11 is 1.79. The molecule has 0 unspecified atom stereocenters. The second kappa shape index (κ2) is 6.45. The lowest BCUT2D eigenvalue weighted by molar-refractivity contribution is 0.215. The van der Waals surface area contributed by atoms with Gasteiger partial charge in [-0.1, -0.05) is 36.2 Å². The van der Waals surface area contributed by atoms with Crippen LogP contribution in [-0.4, -0.2) is 28.5 Å². The van der Waals surface area contributed by atoms with Crippen molar-refractivity contribution in [2.45, 2.75) is 38.3 Å². The molecule has 1 aliphatic carbocycles. The van der Waals surface area contributed by atoms with Crippen molar-refractivity contribution in [2.75, 3.05) is 6.54 Å². The summed E-state index contributed by atoms with van der Waals surface area (Å²) in [7, 11) is 0. The SMILES string of the molecule is NC(CN(Cc1csc2ccccc12)C1CCCC1)=NO. The maximum absolute atomic E-state index is 8.86. The smallest absolute Gasteiger partial charge is 0.153 e. The maximum Gasteiger partial charge on any atom is 0.153 e. The number of nitrogens with zero attached hydrogens (tertiary/aromatic N) is 2. The van der Waals surface area contributed by atoms with E-state index in [0.29, 0.717) is 18.4 Å². The molecular weight excluding hydrogens is 282 g/mol. The average molecular weight is 303 g/mol. The van der Waals surface area contributed by atoms with E-state index in [1.165, 1.54) is 41.3 Å². The lowest BCUT2D eigenvalue weighted by Crippen LogP contribution is -2.39. The van der Waals surface area contributed by atoms with Crippen molar-refractivity contribution in [2.24, 2.45) is 10.9 Å². The molecule has 0 radical (unpaired) electrons. The second-order valence-corrected chi connectivity index (χ2v) is 6.60. The predicted octanol–water partition coefficient (Wildman–Crippen LogP) is 3.39. The molecule has 112 valence electrons. The van der Waals surface area contributed by atoms with E-state index < -0.39 is 0 Å². The first-order valence-corrected chi connectivity index (χ1v) is 8.31. The molecule has 2 aromatic rings. The minimum Gasteiger partial charge on any atom is -0.409 e. The average Bonchev–Trinajstić information content (AvgIpc) is 3.16. The zero-order valence-electron chi connectivity index (χ0n) is 12.0. The number of benzene rings is 1. The number of rotatable bonds is 5. The first-order valence-electron chi connectivity index (χ1n) is 7.43. The molecule has 0 aliphatic heterocycles. The Hall–Kier alpha value is -1.59. The molecular formula is C16H21N3OS. The van der Waals surface area contributed by atoms with Crippen molar-refractivity contribution in [1.29, 1.82) is 0 Å². The fourth-order valence-electron chi connectivity index (χ4n) is 3.20. The fourth-order valence-corrected chi connectivity index (χ4v) is 4.15.